The lowest BCUT2D eigenvalue weighted by Crippen LogP contribution is -2.55. The van der Waals surface area contributed by atoms with Crippen LogP contribution in [0.3, 0.4) is 0 Å². The van der Waals surface area contributed by atoms with E-state index in [-0.39, 0.29) is 47.9 Å². The largest absolute Gasteiger partial charge is 0.492 e. The topological polar surface area (TPSA) is 96.0 Å². The third-order valence-electron chi connectivity index (χ3n) is 8.60. The van der Waals surface area contributed by atoms with E-state index in [0.717, 1.165) is 42.0 Å². The van der Waals surface area contributed by atoms with Gasteiger partial charge in [0, 0.05) is 24.0 Å². The molecule has 1 atom stereocenters. The first-order chi connectivity index (χ1) is 23.7. The first-order valence-electron chi connectivity index (χ1n) is 16.5. The lowest BCUT2D eigenvalue weighted by Gasteiger charge is -2.35. The van der Waals surface area contributed by atoms with Crippen molar-refractivity contribution < 1.29 is 27.1 Å². The summed E-state index contributed by atoms with van der Waals surface area (Å²) in [7, 11) is -4.35. The van der Waals surface area contributed by atoms with Gasteiger partial charge in [-0.1, -0.05) is 85.5 Å². The van der Waals surface area contributed by atoms with E-state index in [1.807, 2.05) is 30.3 Å². The number of benzene rings is 4. The molecule has 0 saturated heterocycles. The van der Waals surface area contributed by atoms with Crippen LogP contribution in [0.1, 0.15) is 50.2 Å². The van der Waals surface area contributed by atoms with Gasteiger partial charge in [-0.3, -0.25) is 13.9 Å². The maximum atomic E-state index is 14.7. The van der Waals surface area contributed by atoms with Gasteiger partial charge in [0.2, 0.25) is 11.8 Å². The summed E-state index contributed by atoms with van der Waals surface area (Å²) in [5, 5.41) is 3.54. The summed E-state index contributed by atoms with van der Waals surface area (Å²) in [6, 6.07) is 26.3. The molecule has 0 spiro atoms. The second-order valence-electron chi connectivity index (χ2n) is 12.1. The van der Waals surface area contributed by atoms with E-state index in [0.29, 0.717) is 10.6 Å². The molecular weight excluding hydrogens is 665 g/mol. The van der Waals surface area contributed by atoms with Gasteiger partial charge in [-0.15, -0.1) is 0 Å². The van der Waals surface area contributed by atoms with Crippen LogP contribution in [-0.4, -0.2) is 50.4 Å². The van der Waals surface area contributed by atoms with Gasteiger partial charge in [-0.25, -0.2) is 12.8 Å². The molecule has 8 nitrogen and oxygen atoms in total. The zero-order valence-electron chi connectivity index (χ0n) is 27.4. The molecule has 0 aliphatic heterocycles. The number of carbonyl (C=O) groups is 2. The minimum atomic E-state index is -4.35. The Balaban J connectivity index is 1.59. The van der Waals surface area contributed by atoms with Crippen molar-refractivity contribution in [3.8, 4) is 5.75 Å². The van der Waals surface area contributed by atoms with Crippen molar-refractivity contribution in [3.63, 3.8) is 0 Å². The van der Waals surface area contributed by atoms with Crippen LogP contribution in [0.25, 0.3) is 0 Å². The summed E-state index contributed by atoms with van der Waals surface area (Å²) in [6.07, 6.45) is 4.99. The quantitative estimate of drug-likeness (QED) is 0.150. The fourth-order valence-corrected chi connectivity index (χ4v) is 7.62. The molecule has 4 aromatic carbocycles. The van der Waals surface area contributed by atoms with Crippen molar-refractivity contribution in [2.24, 2.45) is 0 Å². The van der Waals surface area contributed by atoms with Gasteiger partial charge in [-0.2, -0.15) is 0 Å². The number of carbonyl (C=O) groups excluding carboxylic acids is 2. The molecule has 0 unspecified atom stereocenters. The van der Waals surface area contributed by atoms with Gasteiger partial charge in [-0.05, 0) is 79.4 Å². The van der Waals surface area contributed by atoms with Crippen LogP contribution in [0.15, 0.2) is 108 Å². The highest BCUT2D eigenvalue weighted by molar-refractivity contribution is 7.92. The lowest BCUT2D eigenvalue weighted by atomic mass is 9.94. The van der Waals surface area contributed by atoms with Crippen LogP contribution in [0.2, 0.25) is 5.02 Å². The molecule has 5 rings (SSSR count). The molecule has 1 fully saturated rings. The summed E-state index contributed by atoms with van der Waals surface area (Å²) in [6.45, 7) is 1.34. The lowest BCUT2D eigenvalue weighted by molar-refractivity contribution is -0.140. The number of sulfonamides is 1. The smallest absolute Gasteiger partial charge is 0.264 e. The molecule has 0 heterocycles. The van der Waals surface area contributed by atoms with Crippen molar-refractivity contribution in [1.82, 2.24) is 10.2 Å². The Morgan fingerprint density at radius 2 is 1.53 bits per heavy atom. The molecule has 4 aromatic rings. The number of nitrogens with zero attached hydrogens (tertiary/aromatic N) is 2. The van der Waals surface area contributed by atoms with E-state index in [1.165, 1.54) is 41.3 Å². The summed E-state index contributed by atoms with van der Waals surface area (Å²) < 4.78 is 49.5. The number of hydrogen-bond acceptors (Lipinski definition) is 5. The van der Waals surface area contributed by atoms with Gasteiger partial charge >= 0.3 is 0 Å². The Morgan fingerprint density at radius 1 is 0.878 bits per heavy atom. The number of rotatable bonds is 14. The molecule has 1 saturated carbocycles. The first-order valence-corrected chi connectivity index (χ1v) is 18.4. The van der Waals surface area contributed by atoms with E-state index in [9.17, 15) is 22.4 Å². The minimum Gasteiger partial charge on any atom is -0.492 e. The van der Waals surface area contributed by atoms with Crippen molar-refractivity contribution >= 4 is 39.1 Å². The number of hydrogen-bond donors (Lipinski definition) is 1. The molecule has 0 radical (unpaired) electrons. The fraction of sp³-hybridized carbons (Fsp3) is 0.316. The van der Waals surface area contributed by atoms with Gasteiger partial charge in [0.15, 0.2) is 0 Å². The average molecular weight is 706 g/mol. The van der Waals surface area contributed by atoms with Crippen LogP contribution in [-0.2, 0) is 32.6 Å². The molecule has 1 aliphatic rings. The number of para-hydroxylation sites is 2. The molecule has 1 N–H and O–H groups in total. The van der Waals surface area contributed by atoms with Crippen LogP contribution >= 0.6 is 11.6 Å². The molecule has 49 heavy (non-hydrogen) atoms. The number of ether oxygens (including phenoxy) is 1. The van der Waals surface area contributed by atoms with Crippen molar-refractivity contribution in [3.05, 3.63) is 125 Å². The Labute approximate surface area is 292 Å². The maximum Gasteiger partial charge on any atom is 0.264 e. The summed E-state index contributed by atoms with van der Waals surface area (Å²) >= 11 is 6.09. The van der Waals surface area contributed by atoms with Gasteiger partial charge in [0.25, 0.3) is 10.0 Å². The van der Waals surface area contributed by atoms with E-state index in [2.05, 4.69) is 5.32 Å². The highest BCUT2D eigenvalue weighted by Crippen LogP contribution is 2.33. The predicted octanol–water partition coefficient (Wildman–Crippen LogP) is 7.16. The van der Waals surface area contributed by atoms with Gasteiger partial charge in [0.1, 0.15) is 24.2 Å². The molecule has 0 bridgehead atoms. The second kappa shape index (κ2) is 16.8. The normalized spacial score (nSPS) is 14.1. The molecular formula is C38H41ClFN3O5S. The summed E-state index contributed by atoms with van der Waals surface area (Å²) in [4.78, 5) is 30.3. The van der Waals surface area contributed by atoms with Crippen LogP contribution in [0.4, 0.5) is 10.1 Å². The third-order valence-corrected chi connectivity index (χ3v) is 10.6. The van der Waals surface area contributed by atoms with E-state index >= 15 is 0 Å². The van der Waals surface area contributed by atoms with E-state index in [4.69, 9.17) is 16.3 Å². The number of amides is 2. The highest BCUT2D eigenvalue weighted by atomic mass is 35.5. The highest BCUT2D eigenvalue weighted by Gasteiger charge is 2.36. The van der Waals surface area contributed by atoms with Gasteiger partial charge in [0.05, 0.1) is 17.2 Å². The fourth-order valence-electron chi connectivity index (χ4n) is 6.07. The second-order valence-corrected chi connectivity index (χ2v) is 14.4. The molecule has 11 heteroatoms. The van der Waals surface area contributed by atoms with E-state index in [1.54, 1.807) is 43.3 Å². The van der Waals surface area contributed by atoms with Crippen molar-refractivity contribution in [2.75, 3.05) is 17.5 Å². The average Bonchev–Trinajstić information content (AvgIpc) is 3.11. The monoisotopic (exact) mass is 705 g/mol. The van der Waals surface area contributed by atoms with Crippen LogP contribution in [0, 0.1) is 5.82 Å². The number of nitrogens with one attached hydrogen (secondary N) is 1. The minimum absolute atomic E-state index is 0.0258. The van der Waals surface area contributed by atoms with Crippen molar-refractivity contribution in [1.29, 1.82) is 0 Å². The molecule has 2 amide bonds. The standard InChI is InChI=1S/C38H41ClFN3O5S/c1-2-48-36-16-10-9-15-34(36)43(49(46,47)33-23-19-30(39)20-24-33)27-37(44)42(26-29-17-21-31(40)22-18-29)35(25-28-11-5-3-6-12-28)38(45)41-32-13-7-4-8-14-32/h3,5-6,9-12,15-24,32,35H,2,4,7-8,13-14,25-27H2,1H3,(H,41,45)/t35-/m1/s1. The van der Waals surface area contributed by atoms with E-state index < -0.39 is 34.3 Å². The Bertz CT molecular complexity index is 1800. The Hall–Kier alpha value is -4.41. The number of halogens is 2. The van der Waals surface area contributed by atoms with Gasteiger partial charge < -0.3 is 15.0 Å². The summed E-state index contributed by atoms with van der Waals surface area (Å²) in [5.41, 5.74) is 1.58. The number of anilines is 1. The Morgan fingerprint density at radius 3 is 2.20 bits per heavy atom. The third kappa shape index (κ3) is 9.39. The summed E-state index contributed by atoms with van der Waals surface area (Å²) in [5.74, 6) is -1.11. The Kier molecular flexibility index (Phi) is 12.3. The van der Waals surface area contributed by atoms with Crippen molar-refractivity contribution in [2.45, 2.75) is 69.0 Å². The first kappa shape index (κ1) is 35.9. The predicted molar refractivity (Wildman–Crippen MR) is 189 cm³/mol. The zero-order chi connectivity index (χ0) is 34.8. The maximum absolute atomic E-state index is 14.7. The molecule has 0 aromatic heterocycles. The zero-order valence-corrected chi connectivity index (χ0v) is 29.0. The molecule has 1 aliphatic carbocycles. The molecule has 258 valence electrons. The SMILES string of the molecule is CCOc1ccccc1N(CC(=O)N(Cc1ccc(F)cc1)[C@H](Cc1ccccc1)C(=O)NC1CCCCC1)S(=O)(=O)c1ccc(Cl)cc1. The van der Waals surface area contributed by atoms with Crippen LogP contribution in [0.5, 0.6) is 5.75 Å². The van der Waals surface area contributed by atoms with Crippen LogP contribution < -0.4 is 14.4 Å².